The molecule has 2 aromatic carbocycles. The predicted octanol–water partition coefficient (Wildman–Crippen LogP) is 5.22. The van der Waals surface area contributed by atoms with E-state index in [1.807, 2.05) is 6.07 Å². The SMILES string of the molecule is Cl.Cl.N#Cc1c(N)nc(SCc2coc(-c3ccc(Cl)cc3)n2)c(C#N)c1-c1ccc(OC[C@@H](CC(CN)C(=O)O)C(CN)C(=O)O)cc1. The maximum absolute atomic E-state index is 11.8. The fourth-order valence-corrected chi connectivity index (χ4v) is 5.86. The Hall–Kier alpha value is -4.54. The number of thioether (sulfide) groups is 1. The third kappa shape index (κ3) is 9.99. The molecule has 258 valence electrons. The number of rotatable bonds is 15. The number of aromatic nitrogens is 2. The minimum absolute atomic E-state index is 0. The number of oxazole rings is 1. The molecule has 0 amide bonds. The Balaban J connectivity index is 0.00000417. The van der Waals surface area contributed by atoms with Crippen LogP contribution in [0.4, 0.5) is 5.82 Å². The standard InChI is InChI=1S/C32H30ClN7O6S.2ClH/c33-21-5-1-18(2-6-21)29-39-22(15-46-29)16-47-30-26(13-37)27(25(12-36)28(38)40-30)17-3-7-23(8-4-17)45-14-20(24(11-35)32(43)44)9-19(10-34)31(41)42;;/h1-8,15,19-20,24H,9-11,14,16,34-35H2,(H2,38,40)(H,41,42)(H,43,44);2*1H/t19?,20-,24?;;/m1../s1. The summed E-state index contributed by atoms with van der Waals surface area (Å²) < 4.78 is 11.5. The average molecular weight is 749 g/mol. The van der Waals surface area contributed by atoms with E-state index >= 15 is 0 Å². The van der Waals surface area contributed by atoms with E-state index in [2.05, 4.69) is 16.0 Å². The summed E-state index contributed by atoms with van der Waals surface area (Å²) in [4.78, 5) is 32.2. The van der Waals surface area contributed by atoms with Crippen LogP contribution in [-0.4, -0.2) is 51.8 Å². The van der Waals surface area contributed by atoms with Crippen LogP contribution < -0.4 is 21.9 Å². The summed E-state index contributed by atoms with van der Waals surface area (Å²) in [5, 5.41) is 40.0. The van der Waals surface area contributed by atoms with Gasteiger partial charge < -0.3 is 36.6 Å². The van der Waals surface area contributed by atoms with Gasteiger partial charge in [0.05, 0.1) is 29.7 Å². The normalized spacial score (nSPS) is 12.3. The first-order chi connectivity index (χ1) is 22.6. The van der Waals surface area contributed by atoms with Crippen LogP contribution in [0.2, 0.25) is 5.02 Å². The molecule has 49 heavy (non-hydrogen) atoms. The Bertz CT molecular complexity index is 1830. The number of pyridine rings is 1. The van der Waals surface area contributed by atoms with Crippen molar-refractivity contribution in [1.82, 2.24) is 9.97 Å². The number of aliphatic carboxylic acids is 2. The van der Waals surface area contributed by atoms with E-state index in [-0.39, 0.29) is 73.4 Å². The molecule has 13 nitrogen and oxygen atoms in total. The van der Waals surface area contributed by atoms with Gasteiger partial charge in [-0.1, -0.05) is 35.5 Å². The number of ether oxygens (including phenoxy) is 1. The third-order valence-corrected chi connectivity index (χ3v) is 8.64. The second kappa shape index (κ2) is 18.9. The molecule has 0 aliphatic carbocycles. The van der Waals surface area contributed by atoms with Crippen LogP contribution in [0, 0.1) is 40.4 Å². The largest absolute Gasteiger partial charge is 0.493 e. The lowest BCUT2D eigenvalue weighted by Gasteiger charge is -2.25. The van der Waals surface area contributed by atoms with E-state index in [4.69, 9.17) is 38.0 Å². The lowest BCUT2D eigenvalue weighted by Crippen LogP contribution is -2.37. The van der Waals surface area contributed by atoms with Crippen molar-refractivity contribution >= 4 is 65.9 Å². The van der Waals surface area contributed by atoms with Crippen molar-refractivity contribution in [2.75, 3.05) is 25.4 Å². The van der Waals surface area contributed by atoms with Crippen molar-refractivity contribution in [2.45, 2.75) is 17.2 Å². The molecule has 2 aromatic heterocycles. The van der Waals surface area contributed by atoms with Gasteiger partial charge >= 0.3 is 11.9 Å². The number of nitrogen functional groups attached to an aromatic ring is 1. The van der Waals surface area contributed by atoms with Crippen molar-refractivity contribution in [3.05, 3.63) is 76.6 Å². The lowest BCUT2D eigenvalue weighted by atomic mass is 9.84. The first-order valence-electron chi connectivity index (χ1n) is 14.2. The fourth-order valence-electron chi connectivity index (χ4n) is 4.86. The van der Waals surface area contributed by atoms with Crippen LogP contribution in [-0.2, 0) is 15.3 Å². The van der Waals surface area contributed by atoms with E-state index in [1.54, 1.807) is 48.5 Å². The summed E-state index contributed by atoms with van der Waals surface area (Å²) >= 11 is 7.17. The average Bonchev–Trinajstić information content (AvgIpc) is 3.54. The van der Waals surface area contributed by atoms with Crippen molar-refractivity contribution < 1.29 is 29.0 Å². The Morgan fingerprint density at radius 2 is 1.57 bits per heavy atom. The molecule has 4 rings (SSSR count). The van der Waals surface area contributed by atoms with Crippen LogP contribution in [0.1, 0.15) is 23.2 Å². The number of nitrogens with zero attached hydrogens (tertiary/aromatic N) is 4. The van der Waals surface area contributed by atoms with E-state index in [9.17, 15) is 30.3 Å². The highest BCUT2D eigenvalue weighted by Crippen LogP contribution is 2.37. The number of anilines is 1. The molecule has 8 N–H and O–H groups in total. The minimum Gasteiger partial charge on any atom is -0.493 e. The summed E-state index contributed by atoms with van der Waals surface area (Å²) in [6, 6.07) is 17.6. The van der Waals surface area contributed by atoms with Crippen molar-refractivity contribution in [3.8, 4) is 40.5 Å². The number of hydrogen-bond acceptors (Lipinski definition) is 12. The number of benzene rings is 2. The molecule has 0 aliphatic heterocycles. The summed E-state index contributed by atoms with van der Waals surface area (Å²) in [5.74, 6) is -4.05. The molecule has 0 fully saturated rings. The number of carboxylic acids is 2. The van der Waals surface area contributed by atoms with Gasteiger partial charge in [-0.3, -0.25) is 9.59 Å². The number of carboxylic acid groups (broad SMARTS) is 2. The van der Waals surface area contributed by atoms with Crippen LogP contribution in [0.5, 0.6) is 5.75 Å². The zero-order valence-corrected chi connectivity index (χ0v) is 28.8. The molecule has 0 saturated carbocycles. The van der Waals surface area contributed by atoms with Gasteiger partial charge in [0.1, 0.15) is 40.6 Å². The fraction of sp³-hybridized carbons (Fsp3) is 0.250. The minimum atomic E-state index is -1.17. The Labute approximate surface area is 303 Å². The van der Waals surface area contributed by atoms with Gasteiger partial charge in [-0.15, -0.1) is 24.8 Å². The molecule has 17 heteroatoms. The number of carbonyl (C=O) groups is 2. The molecule has 4 aromatic rings. The number of nitrogens with two attached hydrogens (primary N) is 3. The van der Waals surface area contributed by atoms with Gasteiger partial charge in [0, 0.05) is 40.9 Å². The Morgan fingerprint density at radius 1 is 0.939 bits per heavy atom. The molecule has 0 spiro atoms. The van der Waals surface area contributed by atoms with Gasteiger partial charge in [0.15, 0.2) is 0 Å². The van der Waals surface area contributed by atoms with Gasteiger partial charge in [0.2, 0.25) is 5.89 Å². The van der Waals surface area contributed by atoms with Crippen LogP contribution in [0.15, 0.2) is 64.2 Å². The van der Waals surface area contributed by atoms with E-state index in [0.717, 1.165) is 5.56 Å². The van der Waals surface area contributed by atoms with E-state index in [0.29, 0.717) is 38.7 Å². The monoisotopic (exact) mass is 747 g/mol. The highest BCUT2D eigenvalue weighted by atomic mass is 35.5. The predicted molar refractivity (Wildman–Crippen MR) is 188 cm³/mol. The summed E-state index contributed by atoms with van der Waals surface area (Å²) in [7, 11) is 0. The molecule has 0 bridgehead atoms. The highest BCUT2D eigenvalue weighted by Gasteiger charge is 2.32. The number of halogens is 3. The Morgan fingerprint density at radius 3 is 2.12 bits per heavy atom. The van der Waals surface area contributed by atoms with Crippen molar-refractivity contribution in [2.24, 2.45) is 29.2 Å². The smallest absolute Gasteiger partial charge is 0.308 e. The van der Waals surface area contributed by atoms with Crippen LogP contribution in [0.25, 0.3) is 22.6 Å². The van der Waals surface area contributed by atoms with Gasteiger partial charge in [-0.05, 0) is 48.4 Å². The molecule has 3 atom stereocenters. The Kier molecular flexibility index (Phi) is 15.6. The van der Waals surface area contributed by atoms with Gasteiger partial charge in [0.25, 0.3) is 0 Å². The molecule has 0 aliphatic rings. The van der Waals surface area contributed by atoms with E-state index in [1.165, 1.54) is 18.0 Å². The van der Waals surface area contributed by atoms with Crippen molar-refractivity contribution in [3.63, 3.8) is 0 Å². The summed E-state index contributed by atoms with van der Waals surface area (Å²) in [6.45, 7) is -0.510. The molecule has 0 radical (unpaired) electrons. The first kappa shape index (κ1) is 40.6. The second-order valence-corrected chi connectivity index (χ2v) is 11.8. The quantitative estimate of drug-likeness (QED) is 0.0978. The van der Waals surface area contributed by atoms with E-state index < -0.39 is 29.7 Å². The molecule has 2 unspecified atom stereocenters. The molecular formula is C32H32Cl3N7O6S. The molecule has 0 saturated heterocycles. The molecular weight excluding hydrogens is 717 g/mol. The maximum atomic E-state index is 11.8. The second-order valence-electron chi connectivity index (χ2n) is 10.4. The zero-order valence-electron chi connectivity index (χ0n) is 25.6. The topological polar surface area (TPSA) is 248 Å². The van der Waals surface area contributed by atoms with Crippen LogP contribution in [0.3, 0.4) is 0 Å². The van der Waals surface area contributed by atoms with Crippen LogP contribution >= 0.6 is 48.2 Å². The zero-order chi connectivity index (χ0) is 34.1. The van der Waals surface area contributed by atoms with Gasteiger partial charge in [-0.25, -0.2) is 9.97 Å². The van der Waals surface area contributed by atoms with Gasteiger partial charge in [-0.2, -0.15) is 10.5 Å². The molecule has 2 heterocycles. The summed E-state index contributed by atoms with van der Waals surface area (Å²) in [5.41, 5.74) is 19.7. The number of hydrogen-bond donors (Lipinski definition) is 5. The highest BCUT2D eigenvalue weighted by molar-refractivity contribution is 7.98. The first-order valence-corrected chi connectivity index (χ1v) is 15.5. The third-order valence-electron chi connectivity index (χ3n) is 7.38. The lowest BCUT2D eigenvalue weighted by molar-refractivity contribution is -0.147. The van der Waals surface area contributed by atoms with Crippen molar-refractivity contribution in [1.29, 1.82) is 10.5 Å². The number of nitriles is 2. The summed E-state index contributed by atoms with van der Waals surface area (Å²) in [6.07, 6.45) is 1.47. The maximum Gasteiger partial charge on any atom is 0.308 e.